The van der Waals surface area contributed by atoms with E-state index in [0.717, 1.165) is 17.9 Å². The number of aromatic nitrogens is 2. The van der Waals surface area contributed by atoms with E-state index >= 15 is 0 Å². The Hall–Kier alpha value is -0.840. The number of ether oxygens (including phenoxy) is 1. The van der Waals surface area contributed by atoms with Gasteiger partial charge in [-0.25, -0.2) is 0 Å². The zero-order chi connectivity index (χ0) is 11.0. The maximum absolute atomic E-state index is 5.81. The first-order chi connectivity index (χ1) is 7.86. The number of fused-ring (bicyclic) bond motifs is 1. The second-order valence-corrected chi connectivity index (χ2v) is 4.85. The molecule has 0 amide bonds. The summed E-state index contributed by atoms with van der Waals surface area (Å²) in [6.07, 6.45) is 0.127. The Balaban J connectivity index is 1.85. The smallest absolute Gasteiger partial charge is 0.103 e. The molecule has 3 nitrogen and oxygen atoms in total. The van der Waals surface area contributed by atoms with Gasteiger partial charge in [0.15, 0.2) is 0 Å². The molecule has 2 aromatic heterocycles. The van der Waals surface area contributed by atoms with E-state index in [1.807, 2.05) is 10.7 Å². The molecule has 1 aliphatic rings. The molecular formula is C11H11ClN2OS. The number of halogens is 1. The lowest BCUT2D eigenvalue weighted by atomic mass is 10.2. The molecule has 0 saturated heterocycles. The molecule has 16 heavy (non-hydrogen) atoms. The van der Waals surface area contributed by atoms with Gasteiger partial charge in [-0.2, -0.15) is 16.4 Å². The molecule has 84 valence electrons. The van der Waals surface area contributed by atoms with E-state index in [9.17, 15) is 0 Å². The Morgan fingerprint density at radius 1 is 1.62 bits per heavy atom. The van der Waals surface area contributed by atoms with E-state index in [1.54, 1.807) is 11.3 Å². The number of hydrogen-bond acceptors (Lipinski definition) is 3. The molecule has 0 radical (unpaired) electrons. The molecule has 3 rings (SSSR count). The molecule has 0 fully saturated rings. The van der Waals surface area contributed by atoms with E-state index in [2.05, 4.69) is 21.9 Å². The summed E-state index contributed by atoms with van der Waals surface area (Å²) in [5.74, 6) is 0.461. The van der Waals surface area contributed by atoms with Crippen LogP contribution in [0.5, 0.6) is 0 Å². The fourth-order valence-corrected chi connectivity index (χ4v) is 2.74. The first kappa shape index (κ1) is 10.3. The van der Waals surface area contributed by atoms with E-state index in [4.69, 9.17) is 16.3 Å². The SMILES string of the molecule is ClCc1cc2n(n1)CC(c1ccsc1)OC2. The van der Waals surface area contributed by atoms with E-state index in [1.165, 1.54) is 5.56 Å². The van der Waals surface area contributed by atoms with Crippen LogP contribution in [0.4, 0.5) is 0 Å². The van der Waals surface area contributed by atoms with Gasteiger partial charge in [0.1, 0.15) is 6.10 Å². The summed E-state index contributed by atoms with van der Waals surface area (Å²) in [6, 6.07) is 4.11. The average molecular weight is 255 g/mol. The third-order valence-corrected chi connectivity index (χ3v) is 3.71. The largest absolute Gasteiger partial charge is 0.365 e. The van der Waals surface area contributed by atoms with Crippen LogP contribution in [0.2, 0.25) is 0 Å². The van der Waals surface area contributed by atoms with Gasteiger partial charge in [0.05, 0.1) is 30.4 Å². The van der Waals surface area contributed by atoms with Crippen LogP contribution in [0.25, 0.3) is 0 Å². The van der Waals surface area contributed by atoms with Gasteiger partial charge in [0, 0.05) is 0 Å². The van der Waals surface area contributed by atoms with Gasteiger partial charge in [-0.1, -0.05) is 0 Å². The van der Waals surface area contributed by atoms with Crippen LogP contribution in [0.1, 0.15) is 23.1 Å². The van der Waals surface area contributed by atoms with Crippen molar-refractivity contribution in [1.82, 2.24) is 9.78 Å². The van der Waals surface area contributed by atoms with Crippen molar-refractivity contribution in [2.45, 2.75) is 25.1 Å². The number of alkyl halides is 1. The Kier molecular flexibility index (Phi) is 2.71. The van der Waals surface area contributed by atoms with Crippen LogP contribution in [0.15, 0.2) is 22.9 Å². The second-order valence-electron chi connectivity index (χ2n) is 3.80. The van der Waals surface area contributed by atoms with Gasteiger partial charge in [0.25, 0.3) is 0 Å². The lowest BCUT2D eigenvalue weighted by Gasteiger charge is -2.23. The molecule has 3 heterocycles. The summed E-state index contributed by atoms with van der Waals surface area (Å²) in [5.41, 5.74) is 3.27. The van der Waals surface area contributed by atoms with Crippen LogP contribution < -0.4 is 0 Å². The third kappa shape index (κ3) is 1.77. The molecule has 0 aromatic carbocycles. The molecule has 0 bridgehead atoms. The standard InChI is InChI=1S/C11H11ClN2OS/c12-4-9-3-10-6-15-11(5-14(10)13-9)8-1-2-16-7-8/h1-3,7,11H,4-6H2. The highest BCUT2D eigenvalue weighted by Gasteiger charge is 2.22. The molecule has 1 aliphatic heterocycles. The Morgan fingerprint density at radius 2 is 2.56 bits per heavy atom. The van der Waals surface area contributed by atoms with E-state index in [-0.39, 0.29) is 6.10 Å². The fourth-order valence-electron chi connectivity index (χ4n) is 1.91. The number of nitrogens with zero attached hydrogens (tertiary/aromatic N) is 2. The topological polar surface area (TPSA) is 27.1 Å². The lowest BCUT2D eigenvalue weighted by molar-refractivity contribution is -0.000930. The van der Waals surface area contributed by atoms with Gasteiger partial charge < -0.3 is 4.74 Å². The second kappa shape index (κ2) is 4.20. The summed E-state index contributed by atoms with van der Waals surface area (Å²) in [4.78, 5) is 0. The van der Waals surface area contributed by atoms with Crippen LogP contribution in [0.3, 0.4) is 0 Å². The molecule has 0 saturated carbocycles. The van der Waals surface area contributed by atoms with Gasteiger partial charge >= 0.3 is 0 Å². The summed E-state index contributed by atoms with van der Waals surface area (Å²) in [6.45, 7) is 1.40. The third-order valence-electron chi connectivity index (χ3n) is 2.74. The molecule has 0 N–H and O–H groups in total. The van der Waals surface area contributed by atoms with Crippen LogP contribution in [0, 0.1) is 0 Å². The van der Waals surface area contributed by atoms with Gasteiger partial charge in [0.2, 0.25) is 0 Å². The predicted molar refractivity (Wildman–Crippen MR) is 63.6 cm³/mol. The first-order valence-electron chi connectivity index (χ1n) is 5.12. The lowest BCUT2D eigenvalue weighted by Crippen LogP contribution is -2.21. The zero-order valence-electron chi connectivity index (χ0n) is 8.60. The molecule has 5 heteroatoms. The van der Waals surface area contributed by atoms with Gasteiger partial charge in [-0.05, 0) is 28.5 Å². The first-order valence-corrected chi connectivity index (χ1v) is 6.60. The quantitative estimate of drug-likeness (QED) is 0.771. The molecule has 0 spiro atoms. The highest BCUT2D eigenvalue weighted by molar-refractivity contribution is 7.07. The fraction of sp³-hybridized carbons (Fsp3) is 0.364. The monoisotopic (exact) mass is 254 g/mol. The minimum atomic E-state index is 0.127. The highest BCUT2D eigenvalue weighted by Crippen LogP contribution is 2.27. The van der Waals surface area contributed by atoms with Crippen molar-refractivity contribution in [1.29, 1.82) is 0 Å². The Bertz CT molecular complexity index is 480. The molecular weight excluding hydrogens is 244 g/mol. The minimum absolute atomic E-state index is 0.127. The van der Waals surface area contributed by atoms with Crippen LogP contribution >= 0.6 is 22.9 Å². The summed E-state index contributed by atoms with van der Waals surface area (Å²) in [5, 5.41) is 8.64. The molecule has 1 unspecified atom stereocenters. The molecule has 1 atom stereocenters. The van der Waals surface area contributed by atoms with Crippen molar-refractivity contribution >= 4 is 22.9 Å². The van der Waals surface area contributed by atoms with Crippen LogP contribution in [-0.4, -0.2) is 9.78 Å². The Labute approximate surface area is 103 Å². The summed E-state index contributed by atoms with van der Waals surface area (Å²) < 4.78 is 7.81. The minimum Gasteiger partial charge on any atom is -0.365 e. The van der Waals surface area contributed by atoms with Gasteiger partial charge in [-0.15, -0.1) is 11.6 Å². The maximum Gasteiger partial charge on any atom is 0.103 e. The van der Waals surface area contributed by atoms with Crippen molar-refractivity contribution in [2.24, 2.45) is 0 Å². The highest BCUT2D eigenvalue weighted by atomic mass is 35.5. The van der Waals surface area contributed by atoms with Crippen molar-refractivity contribution in [3.63, 3.8) is 0 Å². The zero-order valence-corrected chi connectivity index (χ0v) is 10.2. The number of rotatable bonds is 2. The Morgan fingerprint density at radius 3 is 3.31 bits per heavy atom. The van der Waals surface area contributed by atoms with Crippen molar-refractivity contribution in [3.05, 3.63) is 39.8 Å². The number of thiophene rings is 1. The number of hydrogen-bond donors (Lipinski definition) is 0. The normalized spacial score (nSPS) is 19.7. The van der Waals surface area contributed by atoms with Crippen molar-refractivity contribution in [3.8, 4) is 0 Å². The van der Waals surface area contributed by atoms with E-state index < -0.39 is 0 Å². The molecule has 0 aliphatic carbocycles. The van der Waals surface area contributed by atoms with E-state index in [0.29, 0.717) is 12.5 Å². The maximum atomic E-state index is 5.81. The van der Waals surface area contributed by atoms with Crippen LogP contribution in [-0.2, 0) is 23.8 Å². The summed E-state index contributed by atoms with van der Waals surface area (Å²) >= 11 is 7.46. The van der Waals surface area contributed by atoms with Gasteiger partial charge in [-0.3, -0.25) is 4.68 Å². The average Bonchev–Trinajstić information content (AvgIpc) is 2.96. The summed E-state index contributed by atoms with van der Waals surface area (Å²) in [7, 11) is 0. The van der Waals surface area contributed by atoms with Crippen molar-refractivity contribution < 1.29 is 4.74 Å². The molecule has 2 aromatic rings. The van der Waals surface area contributed by atoms with Crippen molar-refractivity contribution in [2.75, 3.05) is 0 Å². The predicted octanol–water partition coefficient (Wildman–Crippen LogP) is 2.95.